The number of esters is 1. The molecule has 0 spiro atoms. The SMILES string of the molecule is CCC[C@H]1O[C@@H](O[C@@H]2c3cc4c(cc3[C@@H](c3cc(OC)c(O)c(OC)c3)[C@H]3C(=O)OC[C@@H]32)OCO4)CC[C@H]1O. The lowest BCUT2D eigenvalue weighted by Gasteiger charge is -2.42. The van der Waals surface area contributed by atoms with E-state index < -0.39 is 30.3 Å². The summed E-state index contributed by atoms with van der Waals surface area (Å²) in [6, 6.07) is 7.27. The summed E-state index contributed by atoms with van der Waals surface area (Å²) in [5, 5.41) is 21.0. The number of aliphatic hydroxyl groups excluding tert-OH is 1. The van der Waals surface area contributed by atoms with Gasteiger partial charge in [0.2, 0.25) is 12.5 Å². The number of carbonyl (C=O) groups is 1. The Hall–Kier alpha value is -3.21. The summed E-state index contributed by atoms with van der Waals surface area (Å²) in [6.45, 7) is 2.35. The van der Waals surface area contributed by atoms with Gasteiger partial charge in [-0.1, -0.05) is 13.3 Å². The van der Waals surface area contributed by atoms with Gasteiger partial charge in [-0.2, -0.15) is 0 Å². The monoisotopic (exact) mass is 542 g/mol. The first-order valence-electron chi connectivity index (χ1n) is 13.5. The van der Waals surface area contributed by atoms with Gasteiger partial charge in [0.15, 0.2) is 29.3 Å². The van der Waals surface area contributed by atoms with E-state index >= 15 is 0 Å². The minimum Gasteiger partial charge on any atom is -0.502 e. The molecule has 3 aliphatic heterocycles. The van der Waals surface area contributed by atoms with Crippen LogP contribution in [0.1, 0.15) is 61.3 Å². The van der Waals surface area contributed by atoms with E-state index in [-0.39, 0.29) is 48.6 Å². The molecule has 0 amide bonds. The highest BCUT2D eigenvalue weighted by Gasteiger charge is 2.54. The molecule has 0 bridgehead atoms. The molecule has 0 saturated carbocycles. The minimum atomic E-state index is -0.567. The van der Waals surface area contributed by atoms with E-state index in [9.17, 15) is 15.0 Å². The molecule has 6 rings (SSSR count). The van der Waals surface area contributed by atoms with Crippen LogP contribution in [-0.4, -0.2) is 62.3 Å². The van der Waals surface area contributed by atoms with E-state index in [1.807, 2.05) is 12.1 Å². The fraction of sp³-hybridized carbons (Fsp3) is 0.552. The number of aliphatic hydroxyl groups is 1. The Kier molecular flexibility index (Phi) is 6.95. The second kappa shape index (κ2) is 10.4. The first kappa shape index (κ1) is 26.0. The lowest BCUT2D eigenvalue weighted by atomic mass is 9.66. The van der Waals surface area contributed by atoms with Crippen molar-refractivity contribution < 1.29 is 48.2 Å². The average Bonchev–Trinajstić information content (AvgIpc) is 3.56. The third kappa shape index (κ3) is 4.44. The van der Waals surface area contributed by atoms with Gasteiger partial charge in [0.25, 0.3) is 0 Å². The molecule has 0 radical (unpaired) electrons. The molecule has 10 nitrogen and oxygen atoms in total. The van der Waals surface area contributed by atoms with Crippen LogP contribution in [0.15, 0.2) is 24.3 Å². The van der Waals surface area contributed by atoms with Crippen molar-refractivity contribution >= 4 is 5.97 Å². The van der Waals surface area contributed by atoms with Crippen LogP contribution in [0.3, 0.4) is 0 Å². The Morgan fingerprint density at radius 3 is 2.33 bits per heavy atom. The number of phenolic OH excluding ortho intramolecular Hbond substituents is 1. The van der Waals surface area contributed by atoms with Gasteiger partial charge in [-0.25, -0.2) is 0 Å². The van der Waals surface area contributed by atoms with Crippen LogP contribution in [0.25, 0.3) is 0 Å². The van der Waals surface area contributed by atoms with E-state index in [2.05, 4.69) is 6.92 Å². The summed E-state index contributed by atoms with van der Waals surface area (Å²) in [6.07, 6.45) is 0.885. The highest BCUT2D eigenvalue weighted by Crippen LogP contribution is 2.57. The maximum atomic E-state index is 13.3. The number of phenols is 1. The zero-order valence-electron chi connectivity index (χ0n) is 22.3. The molecule has 1 aliphatic carbocycles. The predicted octanol–water partition coefficient (Wildman–Crippen LogP) is 3.80. The molecule has 2 aromatic rings. The largest absolute Gasteiger partial charge is 0.502 e. The number of carbonyl (C=O) groups excluding carboxylic acids is 1. The summed E-state index contributed by atoms with van der Waals surface area (Å²) in [4.78, 5) is 13.3. The predicted molar refractivity (Wildman–Crippen MR) is 136 cm³/mol. The number of cyclic esters (lactones) is 1. The zero-order valence-corrected chi connectivity index (χ0v) is 22.3. The molecule has 2 N–H and O–H groups in total. The topological polar surface area (TPSA) is 122 Å². The van der Waals surface area contributed by atoms with Crippen LogP contribution in [-0.2, 0) is 19.0 Å². The number of aromatic hydroxyl groups is 1. The van der Waals surface area contributed by atoms with Crippen molar-refractivity contribution in [3.63, 3.8) is 0 Å². The van der Waals surface area contributed by atoms with Crippen LogP contribution in [0.5, 0.6) is 28.7 Å². The fourth-order valence-corrected chi connectivity index (χ4v) is 6.43. The molecule has 2 aromatic carbocycles. The van der Waals surface area contributed by atoms with Crippen LogP contribution in [0.2, 0.25) is 0 Å². The van der Waals surface area contributed by atoms with Gasteiger partial charge in [0.1, 0.15) is 0 Å². The van der Waals surface area contributed by atoms with Crippen LogP contribution in [0.4, 0.5) is 0 Å². The number of ether oxygens (including phenoxy) is 7. The fourth-order valence-electron chi connectivity index (χ4n) is 6.43. The number of fused-ring (bicyclic) bond motifs is 3. The molecule has 4 aliphatic rings. The number of hydrogen-bond acceptors (Lipinski definition) is 10. The standard InChI is InChI=1S/C29H34O10/c1-4-5-19-18(30)6-7-24(38-19)39-28-16-11-21-20(36-13-37-21)10-15(16)25(26-17(28)12-35-29(26)32)14-8-22(33-2)27(31)23(9-14)34-3/h8-11,17-19,24-26,28,30-31H,4-7,12-13H2,1-3H3/t17-,18+,19+,24-,25+,26-,28+/m0/s1. The average molecular weight is 543 g/mol. The van der Waals surface area contributed by atoms with Crippen LogP contribution >= 0.6 is 0 Å². The number of methoxy groups -OCH3 is 2. The molecular formula is C29H34O10. The molecular weight excluding hydrogens is 508 g/mol. The zero-order chi connectivity index (χ0) is 27.3. The summed E-state index contributed by atoms with van der Waals surface area (Å²) in [5.74, 6) is -0.0849. The molecule has 10 heteroatoms. The molecule has 2 saturated heterocycles. The van der Waals surface area contributed by atoms with Crippen molar-refractivity contribution in [1.82, 2.24) is 0 Å². The van der Waals surface area contributed by atoms with E-state index in [4.69, 9.17) is 33.2 Å². The molecule has 7 atom stereocenters. The molecule has 0 aromatic heterocycles. The minimum absolute atomic E-state index is 0.104. The van der Waals surface area contributed by atoms with Crippen molar-refractivity contribution in [1.29, 1.82) is 0 Å². The summed E-state index contributed by atoms with van der Waals surface area (Å²) in [5.41, 5.74) is 2.42. The maximum absolute atomic E-state index is 13.3. The lowest BCUT2D eigenvalue weighted by Crippen LogP contribution is -2.43. The van der Waals surface area contributed by atoms with Gasteiger partial charge in [-0.15, -0.1) is 0 Å². The van der Waals surface area contributed by atoms with Crippen molar-refractivity contribution in [2.24, 2.45) is 11.8 Å². The molecule has 2 fully saturated rings. The smallest absolute Gasteiger partial charge is 0.310 e. The summed E-state index contributed by atoms with van der Waals surface area (Å²) in [7, 11) is 2.93. The Labute approximate surface area is 226 Å². The highest BCUT2D eigenvalue weighted by atomic mass is 16.7. The highest BCUT2D eigenvalue weighted by molar-refractivity contribution is 5.79. The Bertz CT molecular complexity index is 1220. The Morgan fingerprint density at radius 1 is 0.974 bits per heavy atom. The third-order valence-electron chi connectivity index (χ3n) is 8.31. The Balaban J connectivity index is 1.45. The summed E-state index contributed by atoms with van der Waals surface area (Å²) >= 11 is 0. The van der Waals surface area contributed by atoms with Crippen LogP contribution < -0.4 is 18.9 Å². The second-order valence-corrected chi connectivity index (χ2v) is 10.5. The van der Waals surface area contributed by atoms with Crippen molar-refractivity contribution in [3.05, 3.63) is 41.0 Å². The van der Waals surface area contributed by atoms with E-state index in [1.165, 1.54) is 14.2 Å². The lowest BCUT2D eigenvalue weighted by molar-refractivity contribution is -0.250. The van der Waals surface area contributed by atoms with E-state index in [1.54, 1.807) is 12.1 Å². The summed E-state index contributed by atoms with van der Waals surface area (Å²) < 4.78 is 40.8. The molecule has 210 valence electrons. The molecule has 3 heterocycles. The number of rotatable bonds is 7. The third-order valence-corrected chi connectivity index (χ3v) is 8.31. The van der Waals surface area contributed by atoms with Crippen molar-refractivity contribution in [2.75, 3.05) is 27.6 Å². The van der Waals surface area contributed by atoms with Gasteiger partial charge in [0.05, 0.1) is 45.1 Å². The van der Waals surface area contributed by atoms with E-state index in [0.717, 1.165) is 29.5 Å². The Morgan fingerprint density at radius 2 is 1.67 bits per heavy atom. The van der Waals surface area contributed by atoms with Gasteiger partial charge >= 0.3 is 5.97 Å². The van der Waals surface area contributed by atoms with Gasteiger partial charge in [-0.05, 0) is 53.8 Å². The van der Waals surface area contributed by atoms with Gasteiger partial charge in [0, 0.05) is 18.3 Å². The number of benzene rings is 2. The molecule has 0 unspecified atom stereocenters. The first-order chi connectivity index (χ1) is 18.9. The normalized spacial score (nSPS) is 30.9. The van der Waals surface area contributed by atoms with Gasteiger partial charge in [-0.3, -0.25) is 4.79 Å². The van der Waals surface area contributed by atoms with Gasteiger partial charge < -0.3 is 43.4 Å². The quantitative estimate of drug-likeness (QED) is 0.500. The van der Waals surface area contributed by atoms with Crippen molar-refractivity contribution in [3.8, 4) is 28.7 Å². The van der Waals surface area contributed by atoms with Crippen molar-refractivity contribution in [2.45, 2.75) is 63.1 Å². The maximum Gasteiger partial charge on any atom is 0.310 e. The second-order valence-electron chi connectivity index (χ2n) is 10.5. The van der Waals surface area contributed by atoms with Crippen LogP contribution in [0, 0.1) is 11.8 Å². The number of hydrogen-bond donors (Lipinski definition) is 2. The first-order valence-corrected chi connectivity index (χ1v) is 13.5. The molecule has 39 heavy (non-hydrogen) atoms. The van der Waals surface area contributed by atoms with E-state index in [0.29, 0.717) is 24.3 Å².